The van der Waals surface area contributed by atoms with Crippen LogP contribution in [-0.4, -0.2) is 36.2 Å². The summed E-state index contributed by atoms with van der Waals surface area (Å²) in [6, 6.07) is 8.99. The average Bonchev–Trinajstić information content (AvgIpc) is 3.35. The summed E-state index contributed by atoms with van der Waals surface area (Å²) in [5.74, 6) is 0.0446. The number of hydrogen-bond acceptors (Lipinski definition) is 5. The summed E-state index contributed by atoms with van der Waals surface area (Å²) in [6.45, 7) is 6.65. The Morgan fingerprint density at radius 2 is 1.93 bits per heavy atom. The Kier molecular flexibility index (Phi) is 5.42. The highest BCUT2D eigenvalue weighted by Gasteiger charge is 2.28. The third kappa shape index (κ3) is 3.99. The molecule has 0 aliphatic carbocycles. The minimum Gasteiger partial charge on any atom is -0.339 e. The Balaban J connectivity index is 1.46. The maximum absolute atomic E-state index is 12.6. The molecule has 0 bridgehead atoms. The Morgan fingerprint density at radius 3 is 2.53 bits per heavy atom. The molecule has 3 aromatic rings. The van der Waals surface area contributed by atoms with Crippen molar-refractivity contribution in [2.75, 3.05) is 21.9 Å². The molecular formula is C21H24N4O3S2. The minimum absolute atomic E-state index is 0.139. The van der Waals surface area contributed by atoms with Crippen LogP contribution >= 0.6 is 11.3 Å². The second-order valence-electron chi connectivity index (χ2n) is 7.46. The van der Waals surface area contributed by atoms with E-state index in [9.17, 15) is 13.2 Å². The third-order valence-corrected chi connectivity index (χ3v) is 7.95. The molecular weight excluding hydrogens is 420 g/mol. The Hall–Kier alpha value is -2.65. The topological polar surface area (TPSA) is 84.3 Å². The van der Waals surface area contributed by atoms with E-state index in [0.717, 1.165) is 27.7 Å². The van der Waals surface area contributed by atoms with Gasteiger partial charge in [-0.1, -0.05) is 0 Å². The fourth-order valence-electron chi connectivity index (χ4n) is 3.78. The Labute approximate surface area is 180 Å². The molecule has 0 radical (unpaired) electrons. The lowest BCUT2D eigenvalue weighted by Gasteiger charge is -2.17. The molecule has 0 unspecified atom stereocenters. The first-order valence-electron chi connectivity index (χ1n) is 9.74. The van der Waals surface area contributed by atoms with Crippen molar-refractivity contribution in [1.29, 1.82) is 0 Å². The average molecular weight is 445 g/mol. The van der Waals surface area contributed by atoms with Gasteiger partial charge in [0.2, 0.25) is 15.9 Å². The first-order chi connectivity index (χ1) is 14.2. The number of aryl methyl sites for hydroxylation is 2. The number of carbonyl (C=O) groups is 1. The molecule has 9 heteroatoms. The van der Waals surface area contributed by atoms with Crippen LogP contribution in [0.5, 0.6) is 0 Å². The van der Waals surface area contributed by atoms with E-state index in [2.05, 4.69) is 16.4 Å². The summed E-state index contributed by atoms with van der Waals surface area (Å²) in [7, 11) is -3.21. The molecule has 1 amide bonds. The highest BCUT2D eigenvalue weighted by molar-refractivity contribution is 7.93. The molecule has 1 aliphatic heterocycles. The summed E-state index contributed by atoms with van der Waals surface area (Å²) in [6.07, 6.45) is 0.638. The zero-order chi connectivity index (χ0) is 21.5. The molecule has 0 saturated carbocycles. The van der Waals surface area contributed by atoms with E-state index in [1.165, 1.54) is 4.31 Å². The van der Waals surface area contributed by atoms with Crippen molar-refractivity contribution in [2.45, 2.75) is 33.7 Å². The third-order valence-electron chi connectivity index (χ3n) is 5.31. The van der Waals surface area contributed by atoms with Gasteiger partial charge in [0, 0.05) is 34.6 Å². The van der Waals surface area contributed by atoms with E-state index in [-0.39, 0.29) is 18.2 Å². The van der Waals surface area contributed by atoms with Gasteiger partial charge in [0.05, 0.1) is 22.1 Å². The fraction of sp³-hybridized carbons (Fsp3) is 0.333. The number of amides is 1. The largest absolute Gasteiger partial charge is 0.339 e. The van der Waals surface area contributed by atoms with E-state index in [1.54, 1.807) is 35.6 Å². The van der Waals surface area contributed by atoms with Gasteiger partial charge in [-0.05, 0) is 57.5 Å². The smallest absolute Gasteiger partial charge is 0.244 e. The SMILES string of the molecule is Cc1nc(-c2cc(C)n(CC(=O)Nc3ccc(N4CCCS4(=O)=O)cc3)c2C)cs1. The van der Waals surface area contributed by atoms with Crippen LogP contribution in [0.1, 0.15) is 22.8 Å². The molecule has 4 rings (SSSR count). The second kappa shape index (κ2) is 7.88. The maximum atomic E-state index is 12.6. The predicted octanol–water partition coefficient (Wildman–Crippen LogP) is 3.72. The highest BCUT2D eigenvalue weighted by atomic mass is 32.2. The maximum Gasteiger partial charge on any atom is 0.244 e. The number of anilines is 2. The molecule has 1 fully saturated rings. The molecule has 0 atom stereocenters. The fourth-order valence-corrected chi connectivity index (χ4v) is 5.95. The van der Waals surface area contributed by atoms with Crippen molar-refractivity contribution in [3.63, 3.8) is 0 Å². The molecule has 1 N–H and O–H groups in total. The molecule has 3 heterocycles. The van der Waals surface area contributed by atoms with Gasteiger partial charge in [-0.3, -0.25) is 9.10 Å². The lowest BCUT2D eigenvalue weighted by atomic mass is 10.2. The number of aromatic nitrogens is 2. The van der Waals surface area contributed by atoms with Crippen LogP contribution in [0.25, 0.3) is 11.3 Å². The predicted molar refractivity (Wildman–Crippen MR) is 121 cm³/mol. The van der Waals surface area contributed by atoms with E-state index >= 15 is 0 Å². The first kappa shape index (κ1) is 20.6. The zero-order valence-corrected chi connectivity index (χ0v) is 18.8. The van der Waals surface area contributed by atoms with Gasteiger partial charge in [-0.2, -0.15) is 0 Å². The van der Waals surface area contributed by atoms with Crippen LogP contribution in [-0.2, 0) is 21.4 Å². The number of nitrogens with zero attached hydrogens (tertiary/aromatic N) is 3. The van der Waals surface area contributed by atoms with Gasteiger partial charge in [-0.15, -0.1) is 11.3 Å². The van der Waals surface area contributed by atoms with Crippen LogP contribution in [0.2, 0.25) is 0 Å². The highest BCUT2D eigenvalue weighted by Crippen LogP contribution is 2.28. The van der Waals surface area contributed by atoms with E-state index in [1.807, 2.05) is 30.7 Å². The molecule has 2 aromatic heterocycles. The van der Waals surface area contributed by atoms with Crippen LogP contribution in [0, 0.1) is 20.8 Å². The van der Waals surface area contributed by atoms with Gasteiger partial charge in [0.1, 0.15) is 6.54 Å². The summed E-state index contributed by atoms with van der Waals surface area (Å²) in [5.41, 5.74) is 5.25. The van der Waals surface area contributed by atoms with E-state index in [0.29, 0.717) is 24.3 Å². The number of carbonyl (C=O) groups excluding carboxylic acids is 1. The second-order valence-corrected chi connectivity index (χ2v) is 10.5. The molecule has 7 nitrogen and oxygen atoms in total. The number of thiazole rings is 1. The summed E-state index contributed by atoms with van der Waals surface area (Å²) in [5, 5.41) is 5.94. The first-order valence-corrected chi connectivity index (χ1v) is 12.2. The number of benzene rings is 1. The van der Waals surface area contributed by atoms with E-state index in [4.69, 9.17) is 0 Å². The molecule has 1 saturated heterocycles. The van der Waals surface area contributed by atoms with Gasteiger partial charge >= 0.3 is 0 Å². The van der Waals surface area contributed by atoms with Crippen molar-refractivity contribution in [3.8, 4) is 11.3 Å². The van der Waals surface area contributed by atoms with Crippen molar-refractivity contribution < 1.29 is 13.2 Å². The number of nitrogens with one attached hydrogen (secondary N) is 1. The quantitative estimate of drug-likeness (QED) is 0.650. The molecule has 0 spiro atoms. The van der Waals surface area contributed by atoms with Gasteiger partial charge in [-0.25, -0.2) is 13.4 Å². The summed E-state index contributed by atoms with van der Waals surface area (Å²) < 4.78 is 27.5. The van der Waals surface area contributed by atoms with Gasteiger partial charge in [0.15, 0.2) is 0 Å². The standard InChI is InChI=1S/C21H24N4O3S2/c1-14-11-19(20-13-29-16(3)22-20)15(2)24(14)12-21(26)23-17-5-7-18(8-6-17)25-9-4-10-30(25,27)28/h5-8,11,13H,4,9-10,12H2,1-3H3,(H,23,26). The lowest BCUT2D eigenvalue weighted by molar-refractivity contribution is -0.116. The lowest BCUT2D eigenvalue weighted by Crippen LogP contribution is -2.25. The normalized spacial score (nSPS) is 15.5. The zero-order valence-electron chi connectivity index (χ0n) is 17.2. The van der Waals surface area contributed by atoms with Gasteiger partial charge in [0.25, 0.3) is 0 Å². The Bertz CT molecular complexity index is 1190. The van der Waals surface area contributed by atoms with Crippen molar-refractivity contribution in [3.05, 3.63) is 52.1 Å². The minimum atomic E-state index is -3.21. The Morgan fingerprint density at radius 1 is 1.20 bits per heavy atom. The van der Waals surface area contributed by atoms with Gasteiger partial charge < -0.3 is 9.88 Å². The molecule has 30 heavy (non-hydrogen) atoms. The van der Waals surface area contributed by atoms with E-state index < -0.39 is 10.0 Å². The summed E-state index contributed by atoms with van der Waals surface area (Å²) in [4.78, 5) is 17.2. The van der Waals surface area contributed by atoms with Crippen molar-refractivity contribution in [1.82, 2.24) is 9.55 Å². The number of sulfonamides is 1. The van der Waals surface area contributed by atoms with Crippen LogP contribution < -0.4 is 9.62 Å². The van der Waals surface area contributed by atoms with Crippen molar-refractivity contribution >= 4 is 38.6 Å². The number of rotatable bonds is 5. The monoisotopic (exact) mass is 444 g/mol. The molecule has 1 aliphatic rings. The number of hydrogen-bond donors (Lipinski definition) is 1. The molecule has 1 aromatic carbocycles. The summed E-state index contributed by atoms with van der Waals surface area (Å²) >= 11 is 1.61. The molecule has 158 valence electrons. The van der Waals surface area contributed by atoms with Crippen LogP contribution in [0.15, 0.2) is 35.7 Å². The van der Waals surface area contributed by atoms with Crippen LogP contribution in [0.4, 0.5) is 11.4 Å². The van der Waals surface area contributed by atoms with Crippen molar-refractivity contribution in [2.24, 2.45) is 0 Å². The van der Waals surface area contributed by atoms with Crippen LogP contribution in [0.3, 0.4) is 0 Å².